The minimum absolute atomic E-state index is 0.136. The molecule has 0 radical (unpaired) electrons. The third-order valence-electron chi connectivity index (χ3n) is 3.17. The first-order valence-electron chi connectivity index (χ1n) is 7.16. The second kappa shape index (κ2) is 8.44. The van der Waals surface area contributed by atoms with Gasteiger partial charge in [-0.05, 0) is 18.6 Å². The number of methoxy groups -OCH3 is 3. The summed E-state index contributed by atoms with van der Waals surface area (Å²) >= 11 is 1.40. The summed E-state index contributed by atoms with van der Waals surface area (Å²) in [5.41, 5.74) is 0.745. The lowest BCUT2D eigenvalue weighted by atomic mass is 10.1. The molecule has 8 nitrogen and oxygen atoms in total. The van der Waals surface area contributed by atoms with E-state index in [1.54, 1.807) is 33.5 Å². The predicted molar refractivity (Wildman–Crippen MR) is 89.1 cm³/mol. The Labute approximate surface area is 143 Å². The molecule has 0 spiro atoms. The van der Waals surface area contributed by atoms with Gasteiger partial charge in [-0.25, -0.2) is 4.98 Å². The van der Waals surface area contributed by atoms with E-state index in [-0.39, 0.29) is 6.42 Å². The highest BCUT2D eigenvalue weighted by molar-refractivity contribution is 7.99. The number of aliphatic carboxylic acids is 1. The fourth-order valence-corrected chi connectivity index (χ4v) is 2.78. The Morgan fingerprint density at radius 2 is 1.88 bits per heavy atom. The van der Waals surface area contributed by atoms with Crippen molar-refractivity contribution in [3.63, 3.8) is 0 Å². The summed E-state index contributed by atoms with van der Waals surface area (Å²) in [6.07, 6.45) is 0.700. The molecule has 0 aliphatic rings. The molecule has 24 heavy (non-hydrogen) atoms. The monoisotopic (exact) mass is 353 g/mol. The van der Waals surface area contributed by atoms with E-state index in [1.807, 2.05) is 0 Å². The Morgan fingerprint density at radius 1 is 1.21 bits per heavy atom. The van der Waals surface area contributed by atoms with Crippen LogP contribution in [0.15, 0.2) is 17.3 Å². The third kappa shape index (κ3) is 4.31. The van der Waals surface area contributed by atoms with Gasteiger partial charge in [0.25, 0.3) is 0 Å². The van der Waals surface area contributed by atoms with Gasteiger partial charge in [0.15, 0.2) is 17.3 Å². The van der Waals surface area contributed by atoms with Gasteiger partial charge in [0.05, 0.1) is 21.3 Å². The predicted octanol–water partition coefficient (Wildman–Crippen LogP) is 2.45. The van der Waals surface area contributed by atoms with Gasteiger partial charge in [-0.2, -0.15) is 0 Å². The smallest absolute Gasteiger partial charge is 0.303 e. The molecule has 9 heteroatoms. The highest BCUT2D eigenvalue weighted by atomic mass is 32.2. The van der Waals surface area contributed by atoms with Gasteiger partial charge in [-0.1, -0.05) is 11.8 Å². The Hall–Kier alpha value is -2.42. The molecule has 130 valence electrons. The molecular formula is C15H19N3O5S. The van der Waals surface area contributed by atoms with Crippen LogP contribution in [0.4, 0.5) is 0 Å². The quantitative estimate of drug-likeness (QED) is 0.523. The Kier molecular flexibility index (Phi) is 6.30. The molecule has 0 saturated heterocycles. The molecule has 1 aromatic carbocycles. The van der Waals surface area contributed by atoms with E-state index in [2.05, 4.69) is 15.2 Å². The number of benzene rings is 1. The highest BCUT2D eigenvalue weighted by Crippen LogP contribution is 2.40. The number of ether oxygens (including phenoxy) is 3. The molecule has 0 fully saturated rings. The molecule has 2 rings (SSSR count). The van der Waals surface area contributed by atoms with Gasteiger partial charge < -0.3 is 19.3 Å². The molecule has 2 aromatic rings. The van der Waals surface area contributed by atoms with E-state index in [0.717, 1.165) is 5.56 Å². The van der Waals surface area contributed by atoms with E-state index in [1.165, 1.54) is 11.8 Å². The molecule has 0 aliphatic carbocycles. The molecule has 1 aromatic heterocycles. The Morgan fingerprint density at radius 3 is 2.42 bits per heavy atom. The van der Waals surface area contributed by atoms with Gasteiger partial charge in [0.2, 0.25) is 10.9 Å². The number of H-pyrrole nitrogens is 1. The molecule has 0 saturated carbocycles. The zero-order chi connectivity index (χ0) is 17.5. The van der Waals surface area contributed by atoms with Crippen LogP contribution in [0.2, 0.25) is 0 Å². The van der Waals surface area contributed by atoms with Crippen molar-refractivity contribution >= 4 is 17.7 Å². The van der Waals surface area contributed by atoms with Gasteiger partial charge >= 0.3 is 5.97 Å². The van der Waals surface area contributed by atoms with Crippen molar-refractivity contribution in [1.29, 1.82) is 0 Å². The standard InChI is InChI=1S/C15H19N3O5S/c1-21-10-7-9(8-11(22-2)13(10)23-3)14-16-15(18-17-14)24-6-4-5-12(19)20/h7-8H,4-6H2,1-3H3,(H,19,20)(H,16,17,18). The first-order chi connectivity index (χ1) is 11.6. The number of carbonyl (C=O) groups is 1. The average Bonchev–Trinajstić information content (AvgIpc) is 3.06. The third-order valence-corrected chi connectivity index (χ3v) is 4.10. The maximum Gasteiger partial charge on any atom is 0.303 e. The van der Waals surface area contributed by atoms with E-state index in [9.17, 15) is 4.79 Å². The highest BCUT2D eigenvalue weighted by Gasteiger charge is 2.16. The summed E-state index contributed by atoms with van der Waals surface area (Å²) < 4.78 is 15.9. The second-order valence-electron chi connectivity index (χ2n) is 4.73. The minimum atomic E-state index is -0.802. The van der Waals surface area contributed by atoms with Crippen LogP contribution in [0.5, 0.6) is 17.2 Å². The molecule has 0 bridgehead atoms. The molecule has 2 N–H and O–H groups in total. The number of aromatic nitrogens is 3. The second-order valence-corrected chi connectivity index (χ2v) is 5.79. The maximum absolute atomic E-state index is 10.5. The lowest BCUT2D eigenvalue weighted by molar-refractivity contribution is -0.137. The number of carboxylic acids is 1. The van der Waals surface area contributed by atoms with Crippen LogP contribution in [0.3, 0.4) is 0 Å². The SMILES string of the molecule is COc1cc(-c2nc(SCCCC(=O)O)n[nH]2)cc(OC)c1OC. The molecule has 1 heterocycles. The number of hydrogen-bond donors (Lipinski definition) is 2. The topological polar surface area (TPSA) is 107 Å². The van der Waals surface area contributed by atoms with Gasteiger partial charge in [0, 0.05) is 17.7 Å². The molecule has 0 aliphatic heterocycles. The fraction of sp³-hybridized carbons (Fsp3) is 0.400. The lowest BCUT2D eigenvalue weighted by Crippen LogP contribution is -1.96. The van der Waals surface area contributed by atoms with Crippen LogP contribution >= 0.6 is 11.8 Å². The zero-order valence-electron chi connectivity index (χ0n) is 13.7. The minimum Gasteiger partial charge on any atom is -0.493 e. The fourth-order valence-electron chi connectivity index (χ4n) is 2.04. The summed E-state index contributed by atoms with van der Waals surface area (Å²) in [7, 11) is 4.64. The first-order valence-corrected chi connectivity index (χ1v) is 8.15. The maximum atomic E-state index is 10.5. The van der Waals surface area contributed by atoms with Gasteiger partial charge in [-0.3, -0.25) is 9.89 Å². The van der Waals surface area contributed by atoms with Gasteiger partial charge in [-0.15, -0.1) is 5.10 Å². The number of carboxylic acid groups (broad SMARTS) is 1. The number of nitrogens with zero attached hydrogens (tertiary/aromatic N) is 2. The average molecular weight is 353 g/mol. The van der Waals surface area contributed by atoms with Crippen molar-refractivity contribution in [3.05, 3.63) is 12.1 Å². The van der Waals surface area contributed by atoms with E-state index >= 15 is 0 Å². The summed E-state index contributed by atoms with van der Waals surface area (Å²) in [5.74, 6) is 1.96. The van der Waals surface area contributed by atoms with Crippen LogP contribution < -0.4 is 14.2 Å². The summed E-state index contributed by atoms with van der Waals surface area (Å²) in [5, 5.41) is 16.2. The van der Waals surface area contributed by atoms with Crippen molar-refractivity contribution in [2.45, 2.75) is 18.0 Å². The molecular weight excluding hydrogens is 334 g/mol. The van der Waals surface area contributed by atoms with Gasteiger partial charge in [0.1, 0.15) is 0 Å². The molecule has 0 atom stereocenters. The van der Waals surface area contributed by atoms with Crippen molar-refractivity contribution in [3.8, 4) is 28.6 Å². The van der Waals surface area contributed by atoms with E-state index in [4.69, 9.17) is 19.3 Å². The number of aromatic amines is 1. The molecule has 0 amide bonds. The summed E-state index contributed by atoms with van der Waals surface area (Å²) in [6, 6.07) is 3.56. The van der Waals surface area contributed by atoms with Crippen molar-refractivity contribution in [1.82, 2.24) is 15.2 Å². The summed E-state index contributed by atoms with van der Waals surface area (Å²) in [6.45, 7) is 0. The first kappa shape index (κ1) is 17.9. The number of rotatable bonds is 9. The van der Waals surface area contributed by atoms with E-state index < -0.39 is 5.97 Å². The Bertz CT molecular complexity index is 679. The van der Waals surface area contributed by atoms with Crippen LogP contribution in [0.25, 0.3) is 11.4 Å². The number of thioether (sulfide) groups is 1. The van der Waals surface area contributed by atoms with Crippen molar-refractivity contribution in [2.75, 3.05) is 27.1 Å². The normalized spacial score (nSPS) is 10.5. The zero-order valence-corrected chi connectivity index (χ0v) is 14.5. The van der Waals surface area contributed by atoms with Crippen LogP contribution in [0.1, 0.15) is 12.8 Å². The lowest BCUT2D eigenvalue weighted by Gasteiger charge is -2.13. The summed E-state index contributed by atoms with van der Waals surface area (Å²) in [4.78, 5) is 14.9. The van der Waals surface area contributed by atoms with Crippen molar-refractivity contribution in [2.24, 2.45) is 0 Å². The number of hydrogen-bond acceptors (Lipinski definition) is 7. The largest absolute Gasteiger partial charge is 0.493 e. The Balaban J connectivity index is 2.15. The van der Waals surface area contributed by atoms with E-state index in [0.29, 0.717) is 40.4 Å². The van der Waals surface area contributed by atoms with Crippen molar-refractivity contribution < 1.29 is 24.1 Å². The number of nitrogens with one attached hydrogen (secondary N) is 1. The van der Waals surface area contributed by atoms with Crippen LogP contribution in [-0.2, 0) is 4.79 Å². The molecule has 0 unspecified atom stereocenters. The van der Waals surface area contributed by atoms with Crippen LogP contribution in [0, 0.1) is 0 Å². The van der Waals surface area contributed by atoms with Crippen LogP contribution in [-0.4, -0.2) is 53.3 Å².